The van der Waals surface area contributed by atoms with E-state index >= 15 is 0 Å². The van der Waals surface area contributed by atoms with Gasteiger partial charge in [-0.25, -0.2) is 4.79 Å². The lowest BCUT2D eigenvalue weighted by molar-refractivity contribution is 0.0528. The molecule has 5 heteroatoms. The normalized spacial score (nSPS) is 17.1. The van der Waals surface area contributed by atoms with Crippen LogP contribution in [0.15, 0.2) is 48.9 Å². The van der Waals surface area contributed by atoms with E-state index in [0.717, 1.165) is 29.6 Å². The molecular formula is C20H21N3O2. The van der Waals surface area contributed by atoms with Crippen LogP contribution in [-0.2, 0) is 4.74 Å². The minimum Gasteiger partial charge on any atom is -0.462 e. The van der Waals surface area contributed by atoms with Crippen molar-refractivity contribution in [1.82, 2.24) is 14.9 Å². The van der Waals surface area contributed by atoms with Crippen LogP contribution in [0.5, 0.6) is 0 Å². The molecular weight excluding hydrogens is 314 g/mol. The Kier molecular flexibility index (Phi) is 4.24. The Hall–Kier alpha value is -2.66. The zero-order chi connectivity index (χ0) is 17.2. The van der Waals surface area contributed by atoms with Crippen molar-refractivity contribution in [2.24, 2.45) is 0 Å². The second kappa shape index (κ2) is 6.69. The predicted molar refractivity (Wildman–Crippen MR) is 97.0 cm³/mol. The fourth-order valence-corrected chi connectivity index (χ4v) is 3.50. The lowest BCUT2D eigenvalue weighted by Gasteiger charge is -2.12. The van der Waals surface area contributed by atoms with Crippen molar-refractivity contribution in [1.29, 1.82) is 0 Å². The first-order valence-electron chi connectivity index (χ1n) is 8.74. The molecule has 1 aliphatic heterocycles. The summed E-state index contributed by atoms with van der Waals surface area (Å²) in [7, 11) is 0. The number of para-hydroxylation sites is 1. The van der Waals surface area contributed by atoms with Crippen LogP contribution in [0, 0.1) is 0 Å². The lowest BCUT2D eigenvalue weighted by atomic mass is 10.1. The molecule has 5 nitrogen and oxygen atoms in total. The Morgan fingerprint density at radius 2 is 2.24 bits per heavy atom. The third-order valence-corrected chi connectivity index (χ3v) is 4.69. The van der Waals surface area contributed by atoms with Crippen LogP contribution in [-0.4, -0.2) is 28.7 Å². The Morgan fingerprint density at radius 3 is 3.04 bits per heavy atom. The molecule has 0 saturated carbocycles. The number of hydrogen-bond acceptors (Lipinski definition) is 4. The van der Waals surface area contributed by atoms with E-state index < -0.39 is 0 Å². The van der Waals surface area contributed by atoms with Gasteiger partial charge < -0.3 is 14.6 Å². The van der Waals surface area contributed by atoms with E-state index in [1.165, 1.54) is 12.0 Å². The van der Waals surface area contributed by atoms with Crippen LogP contribution in [0.2, 0.25) is 0 Å². The number of ether oxygens (including phenoxy) is 1. The maximum absolute atomic E-state index is 12.3. The van der Waals surface area contributed by atoms with Gasteiger partial charge in [0.1, 0.15) is 0 Å². The Labute approximate surface area is 146 Å². The molecule has 0 aliphatic carbocycles. The molecule has 2 aromatic heterocycles. The first-order chi connectivity index (χ1) is 12.3. The summed E-state index contributed by atoms with van der Waals surface area (Å²) in [5.41, 5.74) is 3.70. The van der Waals surface area contributed by atoms with Crippen LogP contribution >= 0.6 is 0 Å². The van der Waals surface area contributed by atoms with E-state index in [4.69, 9.17) is 4.74 Å². The van der Waals surface area contributed by atoms with Crippen molar-refractivity contribution in [2.45, 2.75) is 25.8 Å². The fraction of sp³-hybridized carbons (Fsp3) is 0.300. The van der Waals surface area contributed by atoms with Crippen molar-refractivity contribution in [3.05, 3.63) is 60.0 Å². The van der Waals surface area contributed by atoms with Gasteiger partial charge in [0.15, 0.2) is 0 Å². The molecule has 0 bridgehead atoms. The van der Waals surface area contributed by atoms with Gasteiger partial charge in [0.25, 0.3) is 0 Å². The summed E-state index contributed by atoms with van der Waals surface area (Å²) in [6, 6.07) is 10.4. The van der Waals surface area contributed by atoms with Gasteiger partial charge in [-0.3, -0.25) is 4.98 Å². The molecule has 1 unspecified atom stereocenters. The summed E-state index contributed by atoms with van der Waals surface area (Å²) < 4.78 is 7.23. The average Bonchev–Trinajstić information content (AvgIpc) is 3.30. The van der Waals surface area contributed by atoms with Crippen molar-refractivity contribution >= 4 is 16.9 Å². The third-order valence-electron chi connectivity index (χ3n) is 4.69. The quantitative estimate of drug-likeness (QED) is 0.740. The number of nitrogens with zero attached hydrogens (tertiary/aromatic N) is 2. The zero-order valence-electron chi connectivity index (χ0n) is 14.2. The highest BCUT2D eigenvalue weighted by atomic mass is 16.5. The maximum Gasteiger partial charge on any atom is 0.340 e. The van der Waals surface area contributed by atoms with Crippen LogP contribution in [0.1, 0.15) is 41.7 Å². The summed E-state index contributed by atoms with van der Waals surface area (Å²) in [6.45, 7) is 3.23. The molecule has 0 spiro atoms. The number of nitrogens with one attached hydrogen (secondary N) is 1. The number of pyridine rings is 1. The smallest absolute Gasteiger partial charge is 0.340 e. The van der Waals surface area contributed by atoms with Gasteiger partial charge in [-0.05, 0) is 44.0 Å². The molecule has 1 saturated heterocycles. The highest BCUT2D eigenvalue weighted by Gasteiger charge is 2.19. The van der Waals surface area contributed by atoms with Gasteiger partial charge in [0.2, 0.25) is 0 Å². The topological polar surface area (TPSA) is 56.2 Å². The Bertz CT molecular complexity index is 910. The largest absolute Gasteiger partial charge is 0.462 e. The molecule has 3 aromatic rings. The molecule has 1 fully saturated rings. The van der Waals surface area contributed by atoms with E-state index in [1.807, 2.05) is 54.3 Å². The zero-order valence-corrected chi connectivity index (χ0v) is 14.2. The van der Waals surface area contributed by atoms with Crippen molar-refractivity contribution in [3.63, 3.8) is 0 Å². The molecule has 1 aromatic carbocycles. The molecule has 25 heavy (non-hydrogen) atoms. The van der Waals surface area contributed by atoms with E-state index in [9.17, 15) is 4.79 Å². The van der Waals surface area contributed by atoms with Crippen LogP contribution in [0.25, 0.3) is 16.6 Å². The monoisotopic (exact) mass is 335 g/mol. The minimum absolute atomic E-state index is 0.293. The molecule has 1 N–H and O–H groups in total. The fourth-order valence-electron chi connectivity index (χ4n) is 3.50. The van der Waals surface area contributed by atoms with Gasteiger partial charge in [-0.15, -0.1) is 0 Å². The minimum atomic E-state index is -0.293. The number of benzene rings is 1. The molecule has 4 rings (SSSR count). The molecule has 128 valence electrons. The highest BCUT2D eigenvalue weighted by molar-refractivity contribution is 6.04. The summed E-state index contributed by atoms with van der Waals surface area (Å²) in [4.78, 5) is 16.7. The van der Waals surface area contributed by atoms with Crippen molar-refractivity contribution < 1.29 is 9.53 Å². The number of carbonyl (C=O) groups is 1. The number of rotatable bonds is 4. The first-order valence-corrected chi connectivity index (χ1v) is 8.74. The predicted octanol–water partition coefficient (Wildman–Crippen LogP) is 3.63. The van der Waals surface area contributed by atoms with Crippen LogP contribution in [0.3, 0.4) is 0 Å². The third kappa shape index (κ3) is 2.91. The number of hydrogen-bond donors (Lipinski definition) is 1. The standard InChI is InChI=1S/C20H21N3O2/c1-2-25-20(24)17-13-23(19-8-4-3-6-16(17)19)15-10-14(11-21-12-15)18-7-5-9-22-18/h3-4,6,8,10-13,18,22H,2,5,7,9H2,1H3. The average molecular weight is 335 g/mol. The second-order valence-corrected chi connectivity index (χ2v) is 6.28. The number of carbonyl (C=O) groups excluding carboxylic acids is 1. The summed E-state index contributed by atoms with van der Waals surface area (Å²) in [5, 5.41) is 4.40. The highest BCUT2D eigenvalue weighted by Crippen LogP contribution is 2.28. The van der Waals surface area contributed by atoms with Crippen molar-refractivity contribution in [3.8, 4) is 5.69 Å². The van der Waals surface area contributed by atoms with Gasteiger partial charge in [0.05, 0.1) is 29.6 Å². The van der Waals surface area contributed by atoms with Crippen molar-refractivity contribution in [2.75, 3.05) is 13.2 Å². The number of fused-ring (bicyclic) bond motifs is 1. The Morgan fingerprint density at radius 1 is 1.36 bits per heavy atom. The second-order valence-electron chi connectivity index (χ2n) is 6.28. The maximum atomic E-state index is 12.3. The van der Waals surface area contributed by atoms with E-state index in [1.54, 1.807) is 0 Å². The molecule has 3 heterocycles. The molecule has 1 aliphatic rings. The summed E-state index contributed by atoms with van der Waals surface area (Å²) in [5.74, 6) is -0.293. The molecule has 0 amide bonds. The van der Waals surface area contributed by atoms with E-state index in [2.05, 4.69) is 16.4 Å². The lowest BCUT2D eigenvalue weighted by Crippen LogP contribution is -2.13. The number of esters is 1. The van der Waals surface area contributed by atoms with E-state index in [0.29, 0.717) is 18.2 Å². The van der Waals surface area contributed by atoms with Gasteiger partial charge in [-0.1, -0.05) is 18.2 Å². The first kappa shape index (κ1) is 15.8. The van der Waals surface area contributed by atoms with Crippen LogP contribution in [0.4, 0.5) is 0 Å². The van der Waals surface area contributed by atoms with E-state index in [-0.39, 0.29) is 5.97 Å². The van der Waals surface area contributed by atoms with Gasteiger partial charge >= 0.3 is 5.97 Å². The SMILES string of the molecule is CCOC(=O)c1cn(-c2cncc(C3CCCN3)c2)c2ccccc12. The van der Waals surface area contributed by atoms with Gasteiger partial charge in [0, 0.05) is 23.8 Å². The van der Waals surface area contributed by atoms with Crippen LogP contribution < -0.4 is 5.32 Å². The van der Waals surface area contributed by atoms with Gasteiger partial charge in [-0.2, -0.15) is 0 Å². The number of aromatic nitrogens is 2. The summed E-state index contributed by atoms with van der Waals surface area (Å²) in [6.07, 6.45) is 7.93. The molecule has 1 atom stereocenters. The Balaban J connectivity index is 1.81. The summed E-state index contributed by atoms with van der Waals surface area (Å²) >= 11 is 0. The molecule has 0 radical (unpaired) electrons.